The third kappa shape index (κ3) is 9.58. The van der Waals surface area contributed by atoms with Crippen molar-refractivity contribution in [1.82, 2.24) is 15.1 Å². The van der Waals surface area contributed by atoms with Crippen molar-refractivity contribution in [2.24, 2.45) is 4.99 Å². The predicted molar refractivity (Wildman–Crippen MR) is 101 cm³/mol. The van der Waals surface area contributed by atoms with Gasteiger partial charge in [-0.25, -0.2) is 0 Å². The molecule has 0 bridgehead atoms. The summed E-state index contributed by atoms with van der Waals surface area (Å²) < 4.78 is 0. The van der Waals surface area contributed by atoms with E-state index in [0.717, 1.165) is 38.4 Å². The van der Waals surface area contributed by atoms with Gasteiger partial charge in [0.15, 0.2) is 5.96 Å². The summed E-state index contributed by atoms with van der Waals surface area (Å²) in [7, 11) is 6.09. The van der Waals surface area contributed by atoms with Crippen molar-refractivity contribution in [3.05, 3.63) is 12.7 Å². The second kappa shape index (κ2) is 13.7. The molecule has 1 atom stereocenters. The van der Waals surface area contributed by atoms with Crippen LogP contribution in [0.5, 0.6) is 0 Å². The van der Waals surface area contributed by atoms with Gasteiger partial charge in [0.05, 0.1) is 0 Å². The molecular weight excluding hydrogens is 363 g/mol. The van der Waals surface area contributed by atoms with Crippen molar-refractivity contribution in [3.8, 4) is 0 Å². The summed E-state index contributed by atoms with van der Waals surface area (Å²) in [5.74, 6) is 0.974. The molecule has 0 saturated carbocycles. The molecule has 0 aromatic carbocycles. The summed E-state index contributed by atoms with van der Waals surface area (Å²) in [5.41, 5.74) is 0. The van der Waals surface area contributed by atoms with E-state index in [0.29, 0.717) is 6.04 Å². The third-order valence-electron chi connectivity index (χ3n) is 3.57. The molecule has 1 unspecified atom stereocenters. The van der Waals surface area contributed by atoms with Crippen molar-refractivity contribution >= 4 is 29.9 Å². The molecule has 0 aliphatic carbocycles. The minimum atomic E-state index is 0. The molecule has 5 heteroatoms. The lowest BCUT2D eigenvalue weighted by Crippen LogP contribution is -2.43. The van der Waals surface area contributed by atoms with E-state index in [-0.39, 0.29) is 24.0 Å². The number of halogens is 1. The van der Waals surface area contributed by atoms with Crippen LogP contribution in [-0.2, 0) is 0 Å². The molecule has 0 aliphatic rings. The molecule has 0 radical (unpaired) electrons. The van der Waals surface area contributed by atoms with Gasteiger partial charge in [-0.1, -0.05) is 13.0 Å². The van der Waals surface area contributed by atoms with Gasteiger partial charge in [0.25, 0.3) is 0 Å². The number of hydrogen-bond donors (Lipinski definition) is 1. The molecule has 0 amide bonds. The smallest absolute Gasteiger partial charge is 0.193 e. The van der Waals surface area contributed by atoms with Gasteiger partial charge in [-0.05, 0) is 33.2 Å². The van der Waals surface area contributed by atoms with Crippen LogP contribution < -0.4 is 5.32 Å². The van der Waals surface area contributed by atoms with Gasteiger partial charge < -0.3 is 15.1 Å². The molecule has 0 aromatic heterocycles. The molecule has 4 nitrogen and oxygen atoms in total. The number of aliphatic imine (C=N–C) groups is 1. The fraction of sp³-hybridized carbons (Fsp3) is 0.800. The Hall–Kier alpha value is -0.300. The highest BCUT2D eigenvalue weighted by Gasteiger charge is 2.08. The molecule has 0 fully saturated rings. The summed E-state index contributed by atoms with van der Waals surface area (Å²) in [4.78, 5) is 8.86. The largest absolute Gasteiger partial charge is 0.355 e. The number of unbranched alkanes of at least 4 members (excludes halogenated alkanes) is 1. The normalized spacial score (nSPS) is 12.8. The van der Waals surface area contributed by atoms with Crippen LogP contribution in [0.2, 0.25) is 0 Å². The Morgan fingerprint density at radius 2 is 2.00 bits per heavy atom. The molecule has 0 aliphatic heterocycles. The van der Waals surface area contributed by atoms with Crippen LogP contribution in [0.3, 0.4) is 0 Å². The van der Waals surface area contributed by atoms with Gasteiger partial charge in [0.1, 0.15) is 0 Å². The lowest BCUT2D eigenvalue weighted by molar-refractivity contribution is 0.255. The van der Waals surface area contributed by atoms with Crippen LogP contribution in [0.25, 0.3) is 0 Å². The molecule has 0 rings (SSSR count). The maximum absolute atomic E-state index is 4.32. The van der Waals surface area contributed by atoms with Crippen molar-refractivity contribution in [2.75, 3.05) is 40.8 Å². The van der Waals surface area contributed by atoms with E-state index in [1.165, 1.54) is 6.42 Å². The van der Waals surface area contributed by atoms with Gasteiger partial charge in [-0.3, -0.25) is 4.99 Å². The van der Waals surface area contributed by atoms with Gasteiger partial charge >= 0.3 is 0 Å². The number of hydrogen-bond acceptors (Lipinski definition) is 2. The fourth-order valence-electron chi connectivity index (χ4n) is 1.84. The van der Waals surface area contributed by atoms with Crippen molar-refractivity contribution in [1.29, 1.82) is 0 Å². The van der Waals surface area contributed by atoms with Crippen LogP contribution >= 0.6 is 24.0 Å². The van der Waals surface area contributed by atoms with E-state index in [1.54, 1.807) is 0 Å². The number of likely N-dealkylation sites (N-methyl/N-ethyl adjacent to an activating group) is 1. The molecular formula is C15H33IN4. The zero-order valence-corrected chi connectivity index (χ0v) is 16.2. The number of nitrogens with one attached hydrogen (secondary N) is 1. The molecule has 0 spiro atoms. The zero-order valence-electron chi connectivity index (χ0n) is 13.9. The Kier molecular flexibility index (Phi) is 15.0. The van der Waals surface area contributed by atoms with E-state index in [4.69, 9.17) is 0 Å². The molecule has 0 saturated heterocycles. The van der Waals surface area contributed by atoms with Crippen molar-refractivity contribution < 1.29 is 0 Å². The van der Waals surface area contributed by atoms with Gasteiger partial charge in [-0.2, -0.15) is 0 Å². The standard InChI is InChI=1S/C15H32N4.HI/c1-7-9-10-12-19(6)15(16-4)17-11-13-18(5)14(3)8-2;/h7,14H,1,8-13H2,2-6H3,(H,16,17);1H. The van der Waals surface area contributed by atoms with E-state index in [9.17, 15) is 0 Å². The monoisotopic (exact) mass is 396 g/mol. The quantitative estimate of drug-likeness (QED) is 0.214. The number of allylic oxidation sites excluding steroid dienone is 1. The zero-order chi connectivity index (χ0) is 14.7. The topological polar surface area (TPSA) is 30.9 Å². The molecule has 0 aromatic rings. The summed E-state index contributed by atoms with van der Waals surface area (Å²) in [5, 5.41) is 3.41. The summed E-state index contributed by atoms with van der Waals surface area (Å²) in [6.07, 6.45) is 5.32. The number of nitrogens with zero attached hydrogens (tertiary/aromatic N) is 3. The highest BCUT2D eigenvalue weighted by atomic mass is 127. The minimum Gasteiger partial charge on any atom is -0.355 e. The van der Waals surface area contributed by atoms with E-state index < -0.39 is 0 Å². The lowest BCUT2D eigenvalue weighted by Gasteiger charge is -2.26. The Morgan fingerprint density at radius 3 is 2.50 bits per heavy atom. The minimum absolute atomic E-state index is 0. The van der Waals surface area contributed by atoms with Crippen LogP contribution in [0.4, 0.5) is 0 Å². The summed E-state index contributed by atoms with van der Waals surface area (Å²) in [6.45, 7) is 11.2. The number of rotatable bonds is 9. The first-order valence-corrected chi connectivity index (χ1v) is 7.29. The fourth-order valence-corrected chi connectivity index (χ4v) is 1.84. The van der Waals surface area contributed by atoms with Crippen molar-refractivity contribution in [3.63, 3.8) is 0 Å². The lowest BCUT2D eigenvalue weighted by atomic mass is 10.2. The molecule has 0 heterocycles. The Bertz CT molecular complexity index is 269. The Morgan fingerprint density at radius 1 is 1.35 bits per heavy atom. The highest BCUT2D eigenvalue weighted by molar-refractivity contribution is 14.0. The Balaban J connectivity index is 0. The van der Waals surface area contributed by atoms with Gasteiger partial charge in [0, 0.05) is 39.8 Å². The average molecular weight is 396 g/mol. The van der Waals surface area contributed by atoms with Crippen LogP contribution in [0.15, 0.2) is 17.6 Å². The second-order valence-corrected chi connectivity index (χ2v) is 5.06. The maximum atomic E-state index is 4.32. The third-order valence-corrected chi connectivity index (χ3v) is 3.57. The van der Waals surface area contributed by atoms with E-state index in [1.807, 2.05) is 13.1 Å². The molecule has 120 valence electrons. The van der Waals surface area contributed by atoms with E-state index in [2.05, 4.69) is 54.6 Å². The summed E-state index contributed by atoms with van der Waals surface area (Å²) >= 11 is 0. The maximum Gasteiger partial charge on any atom is 0.193 e. The highest BCUT2D eigenvalue weighted by Crippen LogP contribution is 1.98. The summed E-state index contributed by atoms with van der Waals surface area (Å²) in [6, 6.07) is 0.633. The van der Waals surface area contributed by atoms with Crippen molar-refractivity contribution in [2.45, 2.75) is 39.2 Å². The SMILES string of the molecule is C=CCCCN(C)C(=NC)NCCN(C)C(C)CC.I. The van der Waals surface area contributed by atoms with Crippen LogP contribution in [0, 0.1) is 0 Å². The van der Waals surface area contributed by atoms with Gasteiger partial charge in [-0.15, -0.1) is 30.6 Å². The first kappa shape index (κ1) is 22.0. The first-order valence-electron chi connectivity index (χ1n) is 7.29. The Labute approximate surface area is 142 Å². The average Bonchev–Trinajstić information content (AvgIpc) is 2.42. The van der Waals surface area contributed by atoms with Gasteiger partial charge in [0.2, 0.25) is 0 Å². The molecule has 20 heavy (non-hydrogen) atoms. The van der Waals surface area contributed by atoms with E-state index >= 15 is 0 Å². The van der Waals surface area contributed by atoms with Crippen LogP contribution in [0.1, 0.15) is 33.1 Å². The first-order chi connectivity index (χ1) is 9.06. The molecule has 1 N–H and O–H groups in total. The predicted octanol–water partition coefficient (Wildman–Crippen LogP) is 2.81. The second-order valence-electron chi connectivity index (χ2n) is 5.06. The van der Waals surface area contributed by atoms with Crippen LogP contribution in [-0.4, -0.2) is 62.6 Å². The number of guanidine groups is 1.